The molecule has 0 bridgehead atoms. The number of para-hydroxylation sites is 1. The lowest BCUT2D eigenvalue weighted by Crippen LogP contribution is -2.22. The Hall–Kier alpha value is -1.58. The normalized spacial score (nSPS) is 17.1. The topological polar surface area (TPSA) is 21.3 Å². The van der Waals surface area contributed by atoms with Gasteiger partial charge in [0, 0.05) is 17.1 Å². The summed E-state index contributed by atoms with van der Waals surface area (Å²) in [4.78, 5) is 0. The monoisotopic (exact) mass is 277 g/mol. The average molecular weight is 278 g/mol. The van der Waals surface area contributed by atoms with E-state index in [2.05, 4.69) is 5.32 Å². The fraction of sp³-hybridized carbons (Fsp3) is 0.200. The quantitative estimate of drug-likeness (QED) is 0.924. The summed E-state index contributed by atoms with van der Waals surface area (Å²) in [6, 6.07) is 12.6. The minimum Gasteiger partial charge on any atom is -0.491 e. The number of benzene rings is 2. The van der Waals surface area contributed by atoms with Gasteiger partial charge in [0.15, 0.2) is 0 Å². The lowest BCUT2D eigenvalue weighted by atomic mass is 10.1. The number of fused-ring (bicyclic) bond motifs is 1. The Morgan fingerprint density at radius 1 is 1.26 bits per heavy atom. The highest BCUT2D eigenvalue weighted by molar-refractivity contribution is 6.30. The van der Waals surface area contributed by atoms with Gasteiger partial charge < -0.3 is 10.1 Å². The molecule has 19 heavy (non-hydrogen) atoms. The van der Waals surface area contributed by atoms with Gasteiger partial charge in [-0.3, -0.25) is 0 Å². The Labute approximate surface area is 116 Å². The molecule has 2 aromatic carbocycles. The second kappa shape index (κ2) is 5.19. The number of rotatable bonds is 3. The van der Waals surface area contributed by atoms with Crippen molar-refractivity contribution in [1.29, 1.82) is 0 Å². The summed E-state index contributed by atoms with van der Waals surface area (Å²) in [7, 11) is 0. The minimum absolute atomic E-state index is 0.137. The molecule has 0 radical (unpaired) electrons. The lowest BCUT2D eigenvalue weighted by molar-refractivity contribution is 0.310. The molecule has 0 aliphatic carbocycles. The first-order valence-electron chi connectivity index (χ1n) is 6.12. The van der Waals surface area contributed by atoms with Gasteiger partial charge in [-0.05, 0) is 29.8 Å². The summed E-state index contributed by atoms with van der Waals surface area (Å²) in [5, 5.41) is 3.77. The van der Waals surface area contributed by atoms with Gasteiger partial charge in [-0.25, -0.2) is 4.39 Å². The highest BCUT2D eigenvalue weighted by atomic mass is 35.5. The van der Waals surface area contributed by atoms with Crippen molar-refractivity contribution in [2.75, 3.05) is 6.61 Å². The van der Waals surface area contributed by atoms with Crippen LogP contribution in [0.1, 0.15) is 17.2 Å². The molecule has 0 fully saturated rings. The second-order valence-electron chi connectivity index (χ2n) is 4.56. The largest absolute Gasteiger partial charge is 0.491 e. The van der Waals surface area contributed by atoms with E-state index < -0.39 is 0 Å². The highest BCUT2D eigenvalue weighted by Gasteiger charge is 2.22. The van der Waals surface area contributed by atoms with Crippen LogP contribution in [-0.4, -0.2) is 6.61 Å². The van der Waals surface area contributed by atoms with Crippen LogP contribution in [0.5, 0.6) is 5.75 Å². The SMILES string of the molecule is Fc1cc(Cl)cc(CNC2COc3ccccc32)c1. The molecule has 0 saturated heterocycles. The van der Waals surface area contributed by atoms with E-state index in [1.807, 2.05) is 24.3 Å². The number of hydrogen-bond acceptors (Lipinski definition) is 2. The summed E-state index contributed by atoms with van der Waals surface area (Å²) >= 11 is 5.83. The minimum atomic E-state index is -0.313. The zero-order valence-electron chi connectivity index (χ0n) is 10.2. The van der Waals surface area contributed by atoms with Gasteiger partial charge >= 0.3 is 0 Å². The van der Waals surface area contributed by atoms with E-state index in [0.717, 1.165) is 16.9 Å². The predicted octanol–water partition coefficient (Wildman–Crippen LogP) is 3.70. The Bertz CT molecular complexity index is 582. The molecule has 1 N–H and O–H groups in total. The summed E-state index contributed by atoms with van der Waals surface area (Å²) in [6.45, 7) is 1.15. The maximum Gasteiger partial charge on any atom is 0.125 e. The van der Waals surface area contributed by atoms with Crippen LogP contribution < -0.4 is 10.1 Å². The maximum atomic E-state index is 13.2. The molecule has 0 amide bonds. The lowest BCUT2D eigenvalue weighted by Gasteiger charge is -2.12. The van der Waals surface area contributed by atoms with Crippen LogP contribution in [0, 0.1) is 5.82 Å². The molecule has 1 aliphatic rings. The molecular formula is C15H13ClFNO. The van der Waals surface area contributed by atoms with E-state index in [1.165, 1.54) is 12.1 Å². The summed E-state index contributed by atoms with van der Waals surface area (Å²) in [5.41, 5.74) is 1.97. The van der Waals surface area contributed by atoms with Crippen LogP contribution in [0.25, 0.3) is 0 Å². The Morgan fingerprint density at radius 3 is 2.95 bits per heavy atom. The Kier molecular flexibility index (Phi) is 3.40. The smallest absolute Gasteiger partial charge is 0.125 e. The third-order valence-corrected chi connectivity index (χ3v) is 3.39. The van der Waals surface area contributed by atoms with Crippen molar-refractivity contribution in [1.82, 2.24) is 5.32 Å². The molecule has 4 heteroatoms. The number of ether oxygens (including phenoxy) is 1. The third kappa shape index (κ3) is 2.72. The maximum absolute atomic E-state index is 13.2. The first-order valence-corrected chi connectivity index (χ1v) is 6.50. The fourth-order valence-corrected chi connectivity index (χ4v) is 2.53. The predicted molar refractivity (Wildman–Crippen MR) is 72.9 cm³/mol. The summed E-state index contributed by atoms with van der Waals surface area (Å²) in [5.74, 6) is 0.602. The molecule has 1 atom stereocenters. The summed E-state index contributed by atoms with van der Waals surface area (Å²) < 4.78 is 18.8. The molecule has 2 aromatic rings. The first kappa shape index (κ1) is 12.5. The third-order valence-electron chi connectivity index (χ3n) is 3.17. The van der Waals surface area contributed by atoms with E-state index in [1.54, 1.807) is 6.07 Å². The van der Waals surface area contributed by atoms with Crippen LogP contribution in [0.15, 0.2) is 42.5 Å². The second-order valence-corrected chi connectivity index (χ2v) is 5.00. The molecule has 1 heterocycles. The first-order chi connectivity index (χ1) is 9.22. The van der Waals surface area contributed by atoms with Gasteiger partial charge in [0.05, 0.1) is 6.04 Å². The zero-order valence-corrected chi connectivity index (χ0v) is 11.0. The van der Waals surface area contributed by atoms with Crippen LogP contribution in [0.4, 0.5) is 4.39 Å². The standard InChI is InChI=1S/C15H13ClFNO/c16-11-5-10(6-12(17)7-11)8-18-14-9-19-15-4-2-1-3-13(14)15/h1-7,14,18H,8-9H2. The molecule has 2 nitrogen and oxygen atoms in total. The van der Waals surface area contributed by atoms with Crippen molar-refractivity contribution in [3.8, 4) is 5.75 Å². The van der Waals surface area contributed by atoms with Crippen molar-refractivity contribution in [2.24, 2.45) is 0 Å². The van der Waals surface area contributed by atoms with Gasteiger partial charge in [-0.2, -0.15) is 0 Å². The van der Waals surface area contributed by atoms with Crippen LogP contribution in [0.2, 0.25) is 5.02 Å². The van der Waals surface area contributed by atoms with Gasteiger partial charge in [0.1, 0.15) is 18.2 Å². The van der Waals surface area contributed by atoms with Crippen molar-refractivity contribution >= 4 is 11.6 Å². The van der Waals surface area contributed by atoms with Crippen LogP contribution in [-0.2, 0) is 6.54 Å². The van der Waals surface area contributed by atoms with Crippen LogP contribution >= 0.6 is 11.6 Å². The molecule has 1 unspecified atom stereocenters. The highest BCUT2D eigenvalue weighted by Crippen LogP contribution is 2.31. The van der Waals surface area contributed by atoms with Crippen molar-refractivity contribution in [3.05, 3.63) is 64.4 Å². The number of nitrogens with one attached hydrogen (secondary N) is 1. The van der Waals surface area contributed by atoms with Gasteiger partial charge in [-0.15, -0.1) is 0 Å². The molecule has 0 aromatic heterocycles. The molecule has 0 spiro atoms. The Balaban J connectivity index is 1.70. The Morgan fingerprint density at radius 2 is 2.11 bits per heavy atom. The van der Waals surface area contributed by atoms with Crippen LogP contribution in [0.3, 0.4) is 0 Å². The molecule has 1 aliphatic heterocycles. The average Bonchev–Trinajstić information content (AvgIpc) is 2.78. The number of halogens is 2. The van der Waals surface area contributed by atoms with Gasteiger partial charge in [0.25, 0.3) is 0 Å². The van der Waals surface area contributed by atoms with E-state index >= 15 is 0 Å². The zero-order chi connectivity index (χ0) is 13.2. The van der Waals surface area contributed by atoms with Gasteiger partial charge in [0.2, 0.25) is 0 Å². The molecule has 3 rings (SSSR count). The molecule has 98 valence electrons. The van der Waals surface area contributed by atoms with Crippen molar-refractivity contribution in [3.63, 3.8) is 0 Å². The van der Waals surface area contributed by atoms with Gasteiger partial charge in [-0.1, -0.05) is 29.8 Å². The molecule has 0 saturated carbocycles. The van der Waals surface area contributed by atoms with Crippen molar-refractivity contribution < 1.29 is 9.13 Å². The molecular weight excluding hydrogens is 265 g/mol. The van der Waals surface area contributed by atoms with E-state index in [4.69, 9.17) is 16.3 Å². The van der Waals surface area contributed by atoms with Crippen molar-refractivity contribution in [2.45, 2.75) is 12.6 Å². The van der Waals surface area contributed by atoms with E-state index in [-0.39, 0.29) is 11.9 Å². The fourth-order valence-electron chi connectivity index (χ4n) is 2.29. The summed E-state index contributed by atoms with van der Waals surface area (Å²) in [6.07, 6.45) is 0. The van der Waals surface area contributed by atoms with E-state index in [0.29, 0.717) is 18.2 Å². The van der Waals surface area contributed by atoms with E-state index in [9.17, 15) is 4.39 Å². The number of hydrogen-bond donors (Lipinski definition) is 1.